The molecule has 25 heavy (non-hydrogen) atoms. The number of alkyl halides is 1. The molecule has 8 heteroatoms. The lowest BCUT2D eigenvalue weighted by Crippen LogP contribution is -2.44. The predicted molar refractivity (Wildman–Crippen MR) is 84.4 cm³/mol. The molecule has 1 aliphatic rings. The number of nitrogens with one attached hydrogen (secondary N) is 1. The number of hydrogen-bond acceptors (Lipinski definition) is 3. The van der Waals surface area contributed by atoms with Gasteiger partial charge in [-0.15, -0.1) is 0 Å². The summed E-state index contributed by atoms with van der Waals surface area (Å²) in [6, 6.07) is 4.84. The number of benzene rings is 1. The second-order valence-corrected chi connectivity index (χ2v) is 6.20. The third-order valence-electron chi connectivity index (χ3n) is 4.27. The molecule has 0 fully saturated rings. The van der Waals surface area contributed by atoms with Crippen molar-refractivity contribution in [3.05, 3.63) is 63.9 Å². The molecule has 1 aliphatic carbocycles. The molecule has 0 aliphatic heterocycles. The molecule has 1 heterocycles. The first-order valence-electron chi connectivity index (χ1n) is 7.57. The highest BCUT2D eigenvalue weighted by Crippen LogP contribution is 2.42. The van der Waals surface area contributed by atoms with Gasteiger partial charge in [-0.1, -0.05) is 17.7 Å². The van der Waals surface area contributed by atoms with E-state index in [-0.39, 0.29) is 29.1 Å². The fourth-order valence-corrected chi connectivity index (χ4v) is 3.08. The van der Waals surface area contributed by atoms with Crippen LogP contribution < -0.4 is 5.32 Å². The highest BCUT2D eigenvalue weighted by atomic mass is 35.5. The van der Waals surface area contributed by atoms with Crippen LogP contribution in [0.5, 0.6) is 0 Å². The summed E-state index contributed by atoms with van der Waals surface area (Å²) in [5, 5.41) is 11.8. The summed E-state index contributed by atoms with van der Waals surface area (Å²) in [4.78, 5) is 16.3. The molecule has 0 saturated carbocycles. The van der Waals surface area contributed by atoms with E-state index in [9.17, 15) is 18.7 Å². The smallest absolute Gasteiger partial charge is 0.262 e. The number of aliphatic hydroxyl groups is 1. The molecular formula is C17H14ClF3N2O2. The Hall–Kier alpha value is -2.12. The van der Waals surface area contributed by atoms with Crippen LogP contribution in [0.1, 0.15) is 35.8 Å². The van der Waals surface area contributed by atoms with Crippen molar-refractivity contribution in [1.29, 1.82) is 0 Å². The molecule has 2 atom stereocenters. The van der Waals surface area contributed by atoms with E-state index in [1.165, 1.54) is 18.3 Å². The van der Waals surface area contributed by atoms with Crippen molar-refractivity contribution in [3.8, 4) is 0 Å². The molecule has 1 aromatic carbocycles. The van der Waals surface area contributed by atoms with Crippen LogP contribution in [0.4, 0.5) is 13.2 Å². The van der Waals surface area contributed by atoms with Crippen molar-refractivity contribution in [1.82, 2.24) is 10.3 Å². The van der Waals surface area contributed by atoms with Crippen molar-refractivity contribution >= 4 is 17.5 Å². The SMILES string of the molecule is O=C(NCc1c(F)ccc(Cl)c1F)[C@]1(F)CC[C@H](O)c2ncccc21. The zero-order chi connectivity index (χ0) is 18.2. The van der Waals surface area contributed by atoms with Gasteiger partial charge in [0.05, 0.1) is 16.8 Å². The second-order valence-electron chi connectivity index (χ2n) is 5.80. The molecule has 4 nitrogen and oxygen atoms in total. The molecule has 0 spiro atoms. The Balaban J connectivity index is 1.85. The summed E-state index contributed by atoms with van der Waals surface area (Å²) in [6.07, 6.45) is 0.172. The van der Waals surface area contributed by atoms with Gasteiger partial charge in [0, 0.05) is 23.9 Å². The van der Waals surface area contributed by atoms with Crippen molar-refractivity contribution in [2.45, 2.75) is 31.2 Å². The first-order valence-corrected chi connectivity index (χ1v) is 7.95. The number of hydrogen-bond donors (Lipinski definition) is 2. The number of fused-ring (bicyclic) bond motifs is 1. The van der Waals surface area contributed by atoms with Crippen LogP contribution in [-0.2, 0) is 17.0 Å². The number of pyridine rings is 1. The van der Waals surface area contributed by atoms with E-state index in [1.807, 2.05) is 0 Å². The number of rotatable bonds is 3. The van der Waals surface area contributed by atoms with Crippen molar-refractivity contribution in [2.75, 3.05) is 0 Å². The van der Waals surface area contributed by atoms with Gasteiger partial charge in [0.2, 0.25) is 5.67 Å². The molecule has 0 bridgehead atoms. The first-order chi connectivity index (χ1) is 11.8. The number of carbonyl (C=O) groups excluding carboxylic acids is 1. The van der Waals surface area contributed by atoms with E-state index < -0.39 is 41.4 Å². The zero-order valence-corrected chi connectivity index (χ0v) is 13.7. The summed E-state index contributed by atoms with van der Waals surface area (Å²) in [5.41, 5.74) is -2.84. The van der Waals surface area contributed by atoms with E-state index in [2.05, 4.69) is 10.3 Å². The quantitative estimate of drug-likeness (QED) is 0.815. The standard InChI is InChI=1S/C17H14ClF3N2O2/c18-11-3-4-12(19)9(14(11)20)8-23-16(25)17(21)6-5-13(24)15-10(17)2-1-7-22-15/h1-4,7,13,24H,5-6,8H2,(H,23,25)/t13-,17-/m0/s1. The lowest BCUT2D eigenvalue weighted by atomic mass is 9.81. The average molecular weight is 371 g/mol. The number of amides is 1. The van der Waals surface area contributed by atoms with Crippen LogP contribution in [0.2, 0.25) is 5.02 Å². The zero-order valence-electron chi connectivity index (χ0n) is 12.9. The molecule has 0 radical (unpaired) electrons. The molecule has 1 amide bonds. The highest BCUT2D eigenvalue weighted by molar-refractivity contribution is 6.30. The normalized spacial score (nSPS) is 22.4. The van der Waals surface area contributed by atoms with Gasteiger partial charge < -0.3 is 10.4 Å². The van der Waals surface area contributed by atoms with Crippen LogP contribution in [0.25, 0.3) is 0 Å². The van der Waals surface area contributed by atoms with Gasteiger partial charge >= 0.3 is 0 Å². The maximum absolute atomic E-state index is 15.3. The van der Waals surface area contributed by atoms with Crippen molar-refractivity contribution in [2.24, 2.45) is 0 Å². The Bertz CT molecular complexity index is 834. The summed E-state index contributed by atoms with van der Waals surface area (Å²) < 4.78 is 42.9. The van der Waals surface area contributed by atoms with Gasteiger partial charge in [-0.3, -0.25) is 9.78 Å². The monoisotopic (exact) mass is 370 g/mol. The molecule has 3 rings (SSSR count). The number of halogens is 4. The van der Waals surface area contributed by atoms with Crippen LogP contribution in [0.3, 0.4) is 0 Å². The van der Waals surface area contributed by atoms with Gasteiger partial charge in [-0.05, 0) is 31.0 Å². The Morgan fingerprint density at radius 3 is 2.92 bits per heavy atom. The van der Waals surface area contributed by atoms with Crippen LogP contribution in [0.15, 0.2) is 30.5 Å². The summed E-state index contributed by atoms with van der Waals surface area (Å²) >= 11 is 5.60. The summed E-state index contributed by atoms with van der Waals surface area (Å²) in [7, 11) is 0. The molecule has 2 aromatic rings. The Kier molecular flexibility index (Phi) is 4.71. The minimum absolute atomic E-state index is 0.00776. The first kappa shape index (κ1) is 17.7. The predicted octanol–water partition coefficient (Wildman–Crippen LogP) is 3.32. The molecule has 2 N–H and O–H groups in total. The minimum atomic E-state index is -2.44. The largest absolute Gasteiger partial charge is 0.387 e. The molecule has 132 valence electrons. The second kappa shape index (κ2) is 6.65. The van der Waals surface area contributed by atoms with Crippen LogP contribution >= 0.6 is 11.6 Å². The van der Waals surface area contributed by atoms with E-state index in [1.54, 1.807) is 0 Å². The Morgan fingerprint density at radius 2 is 2.16 bits per heavy atom. The van der Waals surface area contributed by atoms with Crippen LogP contribution in [-0.4, -0.2) is 16.0 Å². The van der Waals surface area contributed by atoms with E-state index in [0.717, 1.165) is 12.1 Å². The fourth-order valence-electron chi connectivity index (χ4n) is 2.90. The molecule has 0 unspecified atom stereocenters. The van der Waals surface area contributed by atoms with Gasteiger partial charge in [0.25, 0.3) is 5.91 Å². The van der Waals surface area contributed by atoms with Crippen LogP contribution in [0, 0.1) is 11.6 Å². The average Bonchev–Trinajstić information content (AvgIpc) is 2.61. The maximum atomic E-state index is 15.3. The van der Waals surface area contributed by atoms with Crippen molar-refractivity contribution < 1.29 is 23.1 Å². The topological polar surface area (TPSA) is 62.2 Å². The third-order valence-corrected chi connectivity index (χ3v) is 4.56. The van der Waals surface area contributed by atoms with Gasteiger partial charge in [-0.25, -0.2) is 13.2 Å². The lowest BCUT2D eigenvalue weighted by molar-refractivity contribution is -0.135. The van der Waals surface area contributed by atoms with E-state index in [0.29, 0.717) is 0 Å². The van der Waals surface area contributed by atoms with Gasteiger partial charge in [0.15, 0.2) is 0 Å². The third kappa shape index (κ3) is 3.09. The Labute approximate surface area is 146 Å². The molecular weight excluding hydrogens is 357 g/mol. The van der Waals surface area contributed by atoms with Crippen molar-refractivity contribution in [3.63, 3.8) is 0 Å². The minimum Gasteiger partial charge on any atom is -0.387 e. The fraction of sp³-hybridized carbons (Fsp3) is 0.294. The summed E-state index contributed by atoms with van der Waals surface area (Å²) in [5.74, 6) is -2.94. The Morgan fingerprint density at radius 1 is 1.40 bits per heavy atom. The van der Waals surface area contributed by atoms with E-state index in [4.69, 9.17) is 11.6 Å². The molecule has 0 saturated heterocycles. The highest BCUT2D eigenvalue weighted by Gasteiger charge is 2.46. The number of nitrogens with zero attached hydrogens (tertiary/aromatic N) is 1. The van der Waals surface area contributed by atoms with Gasteiger partial charge in [-0.2, -0.15) is 0 Å². The summed E-state index contributed by atoms with van der Waals surface area (Å²) in [6.45, 7) is -0.555. The van der Waals surface area contributed by atoms with Gasteiger partial charge in [0.1, 0.15) is 11.6 Å². The number of aromatic nitrogens is 1. The molecule has 1 aromatic heterocycles. The number of aliphatic hydroxyl groups excluding tert-OH is 1. The van der Waals surface area contributed by atoms with E-state index >= 15 is 4.39 Å². The maximum Gasteiger partial charge on any atom is 0.262 e. The number of carbonyl (C=O) groups is 1. The lowest BCUT2D eigenvalue weighted by Gasteiger charge is -2.32.